The van der Waals surface area contributed by atoms with Crippen LogP contribution in [-0.4, -0.2) is 37.0 Å². The first-order valence-corrected chi connectivity index (χ1v) is 8.65. The molecule has 0 N–H and O–H groups in total. The van der Waals surface area contributed by atoms with Gasteiger partial charge in [-0.25, -0.2) is 0 Å². The summed E-state index contributed by atoms with van der Waals surface area (Å²) in [4.78, 5) is 23.9. The molecule has 0 radical (unpaired) electrons. The van der Waals surface area contributed by atoms with Gasteiger partial charge in [0.1, 0.15) is 29.6 Å². The normalized spacial score (nSPS) is 18.0. The third-order valence-electron chi connectivity index (χ3n) is 4.81. The van der Waals surface area contributed by atoms with E-state index in [-0.39, 0.29) is 23.9 Å². The van der Waals surface area contributed by atoms with E-state index in [1.807, 2.05) is 30.3 Å². The Hall–Kier alpha value is -2.73. The molecule has 1 fully saturated rings. The monoisotopic (exact) mass is 353 g/mol. The smallest absolute Gasteiger partial charge is 0.167 e. The molecule has 1 aliphatic carbocycles. The van der Waals surface area contributed by atoms with Gasteiger partial charge in [0.25, 0.3) is 0 Å². The fourth-order valence-electron chi connectivity index (χ4n) is 3.50. The van der Waals surface area contributed by atoms with Crippen LogP contribution in [0.2, 0.25) is 0 Å². The molecule has 1 saturated carbocycles. The molecular formula is C20H19NO5. The first-order chi connectivity index (χ1) is 12.7. The van der Waals surface area contributed by atoms with E-state index in [0.29, 0.717) is 37.3 Å². The number of rotatable bonds is 5. The van der Waals surface area contributed by atoms with Crippen molar-refractivity contribution in [2.24, 2.45) is 0 Å². The number of methoxy groups -OCH3 is 1. The summed E-state index contributed by atoms with van der Waals surface area (Å²) in [6, 6.07) is 9.60. The lowest BCUT2D eigenvalue weighted by molar-refractivity contribution is -0.130. The van der Waals surface area contributed by atoms with E-state index in [0.717, 1.165) is 21.9 Å². The minimum atomic E-state index is -0.378. The van der Waals surface area contributed by atoms with E-state index < -0.39 is 0 Å². The highest BCUT2D eigenvalue weighted by atomic mass is 16.5. The largest absolute Gasteiger partial charge is 0.491 e. The Labute approximate surface area is 150 Å². The van der Waals surface area contributed by atoms with Gasteiger partial charge in [-0.2, -0.15) is 0 Å². The second kappa shape index (κ2) is 6.88. The van der Waals surface area contributed by atoms with Crippen LogP contribution in [-0.2, 0) is 14.3 Å². The number of hydrogen-bond donors (Lipinski definition) is 0. The van der Waals surface area contributed by atoms with Crippen LogP contribution >= 0.6 is 0 Å². The van der Waals surface area contributed by atoms with Crippen molar-refractivity contribution in [3.63, 3.8) is 0 Å². The van der Waals surface area contributed by atoms with Crippen LogP contribution in [0.1, 0.15) is 30.9 Å². The number of nitrogens with zero attached hydrogens (tertiary/aromatic N) is 1. The molecule has 1 aromatic heterocycles. The lowest BCUT2D eigenvalue weighted by atomic mass is 9.83. The van der Waals surface area contributed by atoms with Crippen LogP contribution in [0.3, 0.4) is 0 Å². The quantitative estimate of drug-likeness (QED) is 0.517. The number of ether oxygens (including phenoxy) is 2. The van der Waals surface area contributed by atoms with Gasteiger partial charge in [-0.3, -0.25) is 9.59 Å². The predicted molar refractivity (Wildman–Crippen MR) is 95.5 cm³/mol. The fourth-order valence-corrected chi connectivity index (χ4v) is 3.50. The van der Waals surface area contributed by atoms with Crippen LogP contribution in [0.15, 0.2) is 34.9 Å². The van der Waals surface area contributed by atoms with E-state index in [4.69, 9.17) is 14.0 Å². The number of ketones is 2. The number of benzene rings is 2. The second-order valence-corrected chi connectivity index (χ2v) is 6.50. The fraction of sp³-hybridized carbons (Fsp3) is 0.350. The third-order valence-corrected chi connectivity index (χ3v) is 4.81. The van der Waals surface area contributed by atoms with Gasteiger partial charge in [0, 0.05) is 13.5 Å². The van der Waals surface area contributed by atoms with Crippen molar-refractivity contribution in [3.8, 4) is 5.75 Å². The first kappa shape index (κ1) is 16.7. The molecule has 0 amide bonds. The average Bonchev–Trinajstić information content (AvgIpc) is 3.06. The predicted octanol–water partition coefficient (Wildman–Crippen LogP) is 3.41. The van der Waals surface area contributed by atoms with Crippen molar-refractivity contribution in [3.05, 3.63) is 36.0 Å². The van der Waals surface area contributed by atoms with Crippen LogP contribution in [0, 0.1) is 0 Å². The van der Waals surface area contributed by atoms with Crippen molar-refractivity contribution < 1.29 is 23.6 Å². The van der Waals surface area contributed by atoms with Gasteiger partial charge in [0.2, 0.25) is 0 Å². The van der Waals surface area contributed by atoms with Gasteiger partial charge in [-0.15, -0.1) is 0 Å². The molecule has 2 aromatic carbocycles. The molecule has 26 heavy (non-hydrogen) atoms. The summed E-state index contributed by atoms with van der Waals surface area (Å²) in [5.74, 6) is 0.304. The second-order valence-electron chi connectivity index (χ2n) is 6.50. The molecule has 1 heterocycles. The molecule has 3 aromatic rings. The number of carbonyl (C=O) groups is 2. The molecule has 6 heteroatoms. The highest BCUT2D eigenvalue weighted by Gasteiger charge is 2.32. The maximum atomic E-state index is 12.3. The molecule has 6 nitrogen and oxygen atoms in total. The summed E-state index contributed by atoms with van der Waals surface area (Å²) in [7, 11) is 1.63. The topological polar surface area (TPSA) is 78.6 Å². The van der Waals surface area contributed by atoms with Gasteiger partial charge in [0.05, 0.1) is 24.3 Å². The zero-order valence-electron chi connectivity index (χ0n) is 14.5. The SMILES string of the molecule is COCCOc1ccc2c(ccc3onc(C4CCC(=O)CC4=O)c32)c1. The Morgan fingerprint density at radius 1 is 1.19 bits per heavy atom. The van der Waals surface area contributed by atoms with Crippen LogP contribution in [0.25, 0.3) is 21.7 Å². The Morgan fingerprint density at radius 2 is 2.08 bits per heavy atom. The minimum Gasteiger partial charge on any atom is -0.491 e. The van der Waals surface area contributed by atoms with E-state index in [9.17, 15) is 9.59 Å². The third kappa shape index (κ3) is 2.97. The van der Waals surface area contributed by atoms with Crippen LogP contribution < -0.4 is 4.74 Å². The Morgan fingerprint density at radius 3 is 2.88 bits per heavy atom. The lowest BCUT2D eigenvalue weighted by Gasteiger charge is -2.18. The Kier molecular flexibility index (Phi) is 4.42. The number of hydrogen-bond acceptors (Lipinski definition) is 6. The standard InChI is InChI=1S/C20H19NO5/c1-24-8-9-25-14-4-6-15-12(10-14)2-7-18-19(15)20(21-26-18)16-5-3-13(22)11-17(16)23/h2,4,6-7,10,16H,3,5,8-9,11H2,1H3. The van der Waals surface area contributed by atoms with Gasteiger partial charge in [-0.1, -0.05) is 11.2 Å². The van der Waals surface area contributed by atoms with Crippen molar-refractivity contribution >= 4 is 33.3 Å². The van der Waals surface area contributed by atoms with E-state index >= 15 is 0 Å². The molecule has 1 aliphatic rings. The zero-order valence-corrected chi connectivity index (χ0v) is 14.5. The summed E-state index contributed by atoms with van der Waals surface area (Å²) in [6.07, 6.45) is 0.891. The molecule has 0 bridgehead atoms. The molecule has 0 spiro atoms. The summed E-state index contributed by atoms with van der Waals surface area (Å²) < 4.78 is 16.1. The van der Waals surface area contributed by atoms with Crippen molar-refractivity contribution in [1.29, 1.82) is 0 Å². The van der Waals surface area contributed by atoms with Gasteiger partial charge in [0.15, 0.2) is 5.58 Å². The summed E-state index contributed by atoms with van der Waals surface area (Å²) in [6.45, 7) is 1.00. The molecular weight excluding hydrogens is 334 g/mol. The van der Waals surface area contributed by atoms with E-state index in [1.165, 1.54) is 0 Å². The summed E-state index contributed by atoms with van der Waals surface area (Å²) in [5.41, 5.74) is 1.28. The molecule has 1 atom stereocenters. The maximum Gasteiger partial charge on any atom is 0.167 e. The summed E-state index contributed by atoms with van der Waals surface area (Å²) in [5, 5.41) is 6.96. The van der Waals surface area contributed by atoms with Crippen molar-refractivity contribution in [1.82, 2.24) is 5.16 Å². The summed E-state index contributed by atoms with van der Waals surface area (Å²) >= 11 is 0. The number of Topliss-reactive ketones (excluding diaryl/α,β-unsaturated/α-hetero) is 2. The molecule has 0 aliphatic heterocycles. The number of fused-ring (bicyclic) bond motifs is 3. The van der Waals surface area contributed by atoms with Crippen LogP contribution in [0.4, 0.5) is 0 Å². The number of aromatic nitrogens is 1. The highest BCUT2D eigenvalue weighted by molar-refractivity contribution is 6.11. The Bertz CT molecular complexity index is 990. The zero-order chi connectivity index (χ0) is 18.1. The molecule has 0 saturated heterocycles. The highest BCUT2D eigenvalue weighted by Crippen LogP contribution is 2.37. The minimum absolute atomic E-state index is 0.00163. The Balaban J connectivity index is 1.75. The molecule has 134 valence electrons. The average molecular weight is 353 g/mol. The lowest BCUT2D eigenvalue weighted by Crippen LogP contribution is -2.23. The molecule has 1 unspecified atom stereocenters. The van der Waals surface area contributed by atoms with Gasteiger partial charge in [-0.05, 0) is 41.5 Å². The van der Waals surface area contributed by atoms with E-state index in [2.05, 4.69) is 5.16 Å². The molecule has 4 rings (SSSR count). The number of carbonyl (C=O) groups excluding carboxylic acids is 2. The van der Waals surface area contributed by atoms with Crippen LogP contribution in [0.5, 0.6) is 5.75 Å². The van der Waals surface area contributed by atoms with E-state index in [1.54, 1.807) is 7.11 Å². The van der Waals surface area contributed by atoms with Gasteiger partial charge < -0.3 is 14.0 Å². The van der Waals surface area contributed by atoms with Crippen molar-refractivity contribution in [2.75, 3.05) is 20.3 Å². The first-order valence-electron chi connectivity index (χ1n) is 8.65. The van der Waals surface area contributed by atoms with Crippen molar-refractivity contribution in [2.45, 2.75) is 25.2 Å². The maximum absolute atomic E-state index is 12.3. The van der Waals surface area contributed by atoms with Gasteiger partial charge >= 0.3 is 0 Å².